The molecule has 0 N–H and O–H groups in total. The van der Waals surface area contributed by atoms with Gasteiger partial charge in [-0.3, -0.25) is 14.4 Å². The predicted molar refractivity (Wildman–Crippen MR) is 165 cm³/mol. The average molecular weight is 612 g/mol. The number of thioether (sulfide) groups is 1. The zero-order chi connectivity index (χ0) is 31.6. The number of amides is 2. The van der Waals surface area contributed by atoms with Crippen molar-refractivity contribution in [2.45, 2.75) is 56.7 Å². The summed E-state index contributed by atoms with van der Waals surface area (Å²) in [6.07, 6.45) is 2.65. The molecule has 1 aliphatic heterocycles. The van der Waals surface area contributed by atoms with Crippen LogP contribution >= 0.6 is 11.8 Å². The fraction of sp³-hybridized carbons (Fsp3) is 0.353. The average Bonchev–Trinajstić information content (AvgIpc) is 3.30. The van der Waals surface area contributed by atoms with Gasteiger partial charge in [-0.2, -0.15) is 5.26 Å². The Morgan fingerprint density at radius 2 is 1.82 bits per heavy atom. The number of fused-ring (bicyclic) bond motifs is 1. The molecule has 9 nitrogen and oxygen atoms in total. The van der Waals surface area contributed by atoms with Crippen molar-refractivity contribution in [3.05, 3.63) is 82.5 Å². The molecule has 2 aromatic carbocycles. The Labute approximate surface area is 260 Å². The second-order valence-corrected chi connectivity index (χ2v) is 13.2. The lowest BCUT2D eigenvalue weighted by atomic mass is 9.71. The van der Waals surface area contributed by atoms with E-state index in [1.54, 1.807) is 24.3 Å². The van der Waals surface area contributed by atoms with Gasteiger partial charge in [0.25, 0.3) is 0 Å². The number of anilines is 1. The Bertz CT molecular complexity index is 1670. The second-order valence-electron chi connectivity index (χ2n) is 12.0. The number of ketones is 1. The molecule has 2 unspecified atom stereocenters. The number of Topliss-reactive ketones (excluding diaryl/α,β-unsaturated/α-hetero) is 1. The van der Waals surface area contributed by atoms with Gasteiger partial charge in [0, 0.05) is 17.7 Å². The largest absolute Gasteiger partial charge is 0.497 e. The predicted octanol–water partition coefficient (Wildman–Crippen LogP) is 5.58. The number of pyridine rings is 1. The van der Waals surface area contributed by atoms with Gasteiger partial charge >= 0.3 is 5.97 Å². The van der Waals surface area contributed by atoms with Crippen molar-refractivity contribution >= 4 is 41.0 Å². The zero-order valence-electron chi connectivity index (χ0n) is 25.1. The summed E-state index contributed by atoms with van der Waals surface area (Å²) in [7, 11) is 1.49. The third kappa shape index (κ3) is 6.53. The molecule has 0 radical (unpaired) electrons. The molecule has 0 spiro atoms. The molecule has 1 saturated heterocycles. The van der Waals surface area contributed by atoms with Crippen molar-refractivity contribution in [3.8, 4) is 11.8 Å². The maximum atomic E-state index is 13.4. The summed E-state index contributed by atoms with van der Waals surface area (Å²) in [4.78, 5) is 57.2. The molecule has 1 aromatic heterocycles. The van der Waals surface area contributed by atoms with Crippen molar-refractivity contribution in [2.24, 2.45) is 11.3 Å². The van der Waals surface area contributed by atoms with Gasteiger partial charge in [0.2, 0.25) is 11.8 Å². The number of carbonyl (C=O) groups excluding carboxylic acids is 4. The van der Waals surface area contributed by atoms with Crippen molar-refractivity contribution in [1.29, 1.82) is 5.26 Å². The summed E-state index contributed by atoms with van der Waals surface area (Å²) in [6, 6.07) is 16.5. The van der Waals surface area contributed by atoms with Crippen LogP contribution in [0.15, 0.2) is 59.6 Å². The number of nitriles is 1. The number of hydrogen-bond donors (Lipinski definition) is 0. The van der Waals surface area contributed by atoms with E-state index in [1.807, 2.05) is 6.07 Å². The lowest BCUT2D eigenvalue weighted by molar-refractivity contribution is -0.121. The third-order valence-corrected chi connectivity index (χ3v) is 9.33. The number of hydrogen-bond acceptors (Lipinski definition) is 9. The first kappa shape index (κ1) is 31.0. The van der Waals surface area contributed by atoms with E-state index >= 15 is 0 Å². The Morgan fingerprint density at radius 1 is 1.07 bits per heavy atom. The third-order valence-electron chi connectivity index (χ3n) is 8.14. The highest BCUT2D eigenvalue weighted by molar-refractivity contribution is 8.00. The molecule has 2 heterocycles. The lowest BCUT2D eigenvalue weighted by Crippen LogP contribution is -2.31. The van der Waals surface area contributed by atoms with E-state index in [1.165, 1.54) is 31.4 Å². The summed E-state index contributed by atoms with van der Waals surface area (Å²) >= 11 is 1.15. The molecule has 44 heavy (non-hydrogen) atoms. The molecule has 1 fully saturated rings. The van der Waals surface area contributed by atoms with E-state index in [9.17, 15) is 24.4 Å². The fourth-order valence-corrected chi connectivity index (χ4v) is 6.59. The van der Waals surface area contributed by atoms with Gasteiger partial charge in [-0.1, -0.05) is 44.7 Å². The van der Waals surface area contributed by atoms with Gasteiger partial charge in [-0.05, 0) is 78.6 Å². The molecule has 10 heteroatoms. The number of carbonyl (C=O) groups is 4. The topological polar surface area (TPSA) is 127 Å². The summed E-state index contributed by atoms with van der Waals surface area (Å²) in [5, 5.41) is 9.60. The number of imide groups is 1. The molecule has 1 aliphatic carbocycles. The summed E-state index contributed by atoms with van der Waals surface area (Å²) in [6.45, 7) is 6.24. The minimum Gasteiger partial charge on any atom is -0.497 e. The zero-order valence-corrected chi connectivity index (χ0v) is 25.9. The monoisotopic (exact) mass is 611 g/mol. The summed E-state index contributed by atoms with van der Waals surface area (Å²) in [5.41, 5.74) is 3.45. The molecule has 0 bridgehead atoms. The number of rotatable bonds is 8. The van der Waals surface area contributed by atoms with Gasteiger partial charge in [0.1, 0.15) is 16.8 Å². The maximum absolute atomic E-state index is 13.4. The van der Waals surface area contributed by atoms with Gasteiger partial charge < -0.3 is 9.47 Å². The first-order valence-corrected chi connectivity index (χ1v) is 15.3. The van der Waals surface area contributed by atoms with E-state index in [2.05, 4.69) is 26.8 Å². The molecule has 2 amide bonds. The minimum atomic E-state index is -0.724. The normalized spacial score (nSPS) is 18.0. The first-order valence-electron chi connectivity index (χ1n) is 14.4. The first-order chi connectivity index (χ1) is 21.0. The molecule has 2 aliphatic rings. The van der Waals surface area contributed by atoms with Crippen LogP contribution in [0.25, 0.3) is 0 Å². The molecular weight excluding hydrogens is 578 g/mol. The van der Waals surface area contributed by atoms with Crippen LogP contribution in [-0.2, 0) is 27.2 Å². The highest BCUT2D eigenvalue weighted by Crippen LogP contribution is 2.40. The van der Waals surface area contributed by atoms with Crippen LogP contribution in [0.2, 0.25) is 0 Å². The Morgan fingerprint density at radius 3 is 2.50 bits per heavy atom. The Balaban J connectivity index is 1.23. The number of aryl methyl sites for hydroxylation is 1. The van der Waals surface area contributed by atoms with Crippen molar-refractivity contribution < 1.29 is 28.7 Å². The molecule has 3 aromatic rings. The number of benzene rings is 2. The van der Waals surface area contributed by atoms with Crippen LogP contribution < -0.4 is 9.64 Å². The Hall–Kier alpha value is -4.49. The minimum absolute atomic E-state index is 0.0323. The standard InChI is InChI=1S/C34H33N3O6S/c1-34(2,3)24-10-13-27-22(15-24)14-23(18-35)31(36-27)44-29-17-30(39)37(32(29)40)25-11-8-20(9-12-25)33(41)43-19-28(38)21-6-5-7-26(16-21)42-4/h5-9,11-12,14,16,24,29H,10,13,15,17,19H2,1-4H3. The van der Waals surface area contributed by atoms with Crippen molar-refractivity contribution in [1.82, 2.24) is 4.98 Å². The van der Waals surface area contributed by atoms with Crippen LogP contribution in [0.1, 0.15) is 71.1 Å². The lowest BCUT2D eigenvalue weighted by Gasteiger charge is -2.34. The number of methoxy groups -OCH3 is 1. The quantitative estimate of drug-likeness (QED) is 0.182. The van der Waals surface area contributed by atoms with Gasteiger partial charge in [0.05, 0.1) is 29.2 Å². The highest BCUT2D eigenvalue weighted by atomic mass is 32.2. The van der Waals surface area contributed by atoms with Gasteiger partial charge in [0.15, 0.2) is 12.4 Å². The molecule has 2 atom stereocenters. The van der Waals surface area contributed by atoms with E-state index < -0.39 is 23.7 Å². The van der Waals surface area contributed by atoms with Crippen LogP contribution in [-0.4, -0.2) is 47.5 Å². The number of nitrogens with zero attached hydrogens (tertiary/aromatic N) is 3. The van der Waals surface area contributed by atoms with Gasteiger partial charge in [-0.25, -0.2) is 14.7 Å². The van der Waals surface area contributed by atoms with Crippen LogP contribution in [0.5, 0.6) is 5.75 Å². The smallest absolute Gasteiger partial charge is 0.338 e. The second kappa shape index (κ2) is 12.6. The van der Waals surface area contributed by atoms with E-state index in [-0.39, 0.29) is 29.1 Å². The van der Waals surface area contributed by atoms with Crippen molar-refractivity contribution in [3.63, 3.8) is 0 Å². The number of esters is 1. The van der Waals surface area contributed by atoms with Crippen molar-refractivity contribution in [2.75, 3.05) is 18.6 Å². The molecule has 0 saturated carbocycles. The molecule has 5 rings (SSSR count). The van der Waals surface area contributed by atoms with Crippen LogP contribution in [0.3, 0.4) is 0 Å². The molecular formula is C34H33N3O6S. The molecule has 226 valence electrons. The number of aromatic nitrogens is 1. The van der Waals surface area contributed by atoms with Crippen LogP contribution in [0.4, 0.5) is 5.69 Å². The number of ether oxygens (including phenoxy) is 2. The van der Waals surface area contributed by atoms with Gasteiger partial charge in [-0.15, -0.1) is 0 Å². The maximum Gasteiger partial charge on any atom is 0.338 e. The van der Waals surface area contributed by atoms with E-state index in [0.29, 0.717) is 33.5 Å². The SMILES string of the molecule is COc1cccc(C(=O)COC(=O)c2ccc(N3C(=O)CC(Sc4nc5c(cc4C#N)CC(C(C)(C)C)CC5)C3=O)cc2)c1. The van der Waals surface area contributed by atoms with E-state index in [0.717, 1.165) is 47.2 Å². The summed E-state index contributed by atoms with van der Waals surface area (Å²) in [5.74, 6) is -0.863. The fourth-order valence-electron chi connectivity index (χ4n) is 5.50. The van der Waals surface area contributed by atoms with Crippen LogP contribution in [0, 0.1) is 22.7 Å². The highest BCUT2D eigenvalue weighted by Gasteiger charge is 2.41. The summed E-state index contributed by atoms with van der Waals surface area (Å²) < 4.78 is 10.3. The Kier molecular flexibility index (Phi) is 8.88. The van der Waals surface area contributed by atoms with E-state index in [4.69, 9.17) is 14.5 Å².